The number of likely N-dealkylation sites (N-methyl/N-ethyl adjacent to an activating group) is 2. The molecule has 1 heterocycles. The number of nitrogens with one attached hydrogen (secondary N) is 1. The molecule has 0 aromatic carbocycles. The highest BCUT2D eigenvalue weighted by Crippen LogP contribution is 2.40. The monoisotopic (exact) mass is 265 g/mol. The van der Waals surface area contributed by atoms with Crippen molar-refractivity contribution in [3.8, 4) is 0 Å². The molecule has 1 aliphatic carbocycles. The lowest BCUT2D eigenvalue weighted by Crippen LogP contribution is -2.53. The van der Waals surface area contributed by atoms with Crippen molar-refractivity contribution in [3.05, 3.63) is 11.9 Å². The summed E-state index contributed by atoms with van der Waals surface area (Å²) in [6.07, 6.45) is 9.69. The molecule has 1 saturated carbocycles. The van der Waals surface area contributed by atoms with Gasteiger partial charge in [0.05, 0.1) is 17.9 Å². The number of hydrogen-bond donors (Lipinski definition) is 1. The number of rotatable bonds is 4. The first kappa shape index (κ1) is 14.5. The molecule has 1 N–H and O–H groups in total. The van der Waals surface area contributed by atoms with Crippen LogP contribution in [0.15, 0.2) is 6.20 Å². The summed E-state index contributed by atoms with van der Waals surface area (Å²) < 4.78 is 1.90. The zero-order valence-electron chi connectivity index (χ0n) is 12.7. The summed E-state index contributed by atoms with van der Waals surface area (Å²) in [5.41, 5.74) is 1.35. The summed E-state index contributed by atoms with van der Waals surface area (Å²) in [4.78, 5) is 2.41. The number of aryl methyl sites for hydroxylation is 1. The van der Waals surface area contributed by atoms with E-state index < -0.39 is 0 Å². The van der Waals surface area contributed by atoms with E-state index in [4.69, 9.17) is 0 Å². The Morgan fingerprint density at radius 3 is 2.32 bits per heavy atom. The summed E-state index contributed by atoms with van der Waals surface area (Å²) in [6.45, 7) is 0. The molecule has 108 valence electrons. The summed E-state index contributed by atoms with van der Waals surface area (Å²) in [5, 5.41) is 11.7. The van der Waals surface area contributed by atoms with Gasteiger partial charge in [0.2, 0.25) is 0 Å². The third-order valence-corrected chi connectivity index (χ3v) is 4.73. The van der Waals surface area contributed by atoms with Gasteiger partial charge in [-0.1, -0.05) is 30.9 Å². The fourth-order valence-corrected chi connectivity index (χ4v) is 3.59. The Labute approximate surface area is 116 Å². The summed E-state index contributed by atoms with van der Waals surface area (Å²) in [7, 11) is 8.44. The molecule has 0 amide bonds. The van der Waals surface area contributed by atoms with Crippen LogP contribution in [0.3, 0.4) is 0 Å². The van der Waals surface area contributed by atoms with Crippen molar-refractivity contribution >= 4 is 0 Å². The zero-order chi connectivity index (χ0) is 13.9. The molecular weight excluding hydrogens is 238 g/mol. The van der Waals surface area contributed by atoms with Gasteiger partial charge in [-0.25, -0.2) is 0 Å². The van der Waals surface area contributed by atoms with Crippen molar-refractivity contribution in [1.29, 1.82) is 0 Å². The van der Waals surface area contributed by atoms with E-state index in [-0.39, 0.29) is 11.6 Å². The maximum Gasteiger partial charge on any atom is 0.0772 e. The Kier molecular flexibility index (Phi) is 4.58. The van der Waals surface area contributed by atoms with Crippen LogP contribution < -0.4 is 5.32 Å². The van der Waals surface area contributed by atoms with Crippen LogP contribution in [0.2, 0.25) is 0 Å². The fraction of sp³-hybridized carbons (Fsp3) is 0.857. The molecule has 1 atom stereocenters. The molecule has 2 rings (SSSR count). The Morgan fingerprint density at radius 2 is 1.89 bits per heavy atom. The Bertz CT molecular complexity index is 390. The third-order valence-electron chi connectivity index (χ3n) is 4.73. The number of hydrogen-bond acceptors (Lipinski definition) is 4. The number of aromatic nitrogens is 3. The Morgan fingerprint density at radius 1 is 1.26 bits per heavy atom. The van der Waals surface area contributed by atoms with Crippen molar-refractivity contribution in [2.24, 2.45) is 7.05 Å². The molecular formula is C14H27N5. The second-order valence-corrected chi connectivity index (χ2v) is 5.92. The zero-order valence-corrected chi connectivity index (χ0v) is 12.7. The Balaban J connectivity index is 2.37. The van der Waals surface area contributed by atoms with Crippen LogP contribution >= 0.6 is 0 Å². The van der Waals surface area contributed by atoms with Crippen LogP contribution in [0.5, 0.6) is 0 Å². The summed E-state index contributed by atoms with van der Waals surface area (Å²) in [6, 6.07) is 0.278. The van der Waals surface area contributed by atoms with Gasteiger partial charge in [0.1, 0.15) is 0 Å². The first-order chi connectivity index (χ1) is 9.12. The van der Waals surface area contributed by atoms with Crippen LogP contribution in [-0.2, 0) is 7.05 Å². The van der Waals surface area contributed by atoms with Crippen LogP contribution in [0.1, 0.15) is 50.3 Å². The maximum absolute atomic E-state index is 4.10. The molecule has 19 heavy (non-hydrogen) atoms. The molecule has 5 heteroatoms. The fourth-order valence-electron chi connectivity index (χ4n) is 3.59. The molecule has 0 bridgehead atoms. The average molecular weight is 265 g/mol. The molecule has 1 unspecified atom stereocenters. The molecule has 0 saturated heterocycles. The van der Waals surface area contributed by atoms with Crippen molar-refractivity contribution < 1.29 is 0 Å². The van der Waals surface area contributed by atoms with Gasteiger partial charge < -0.3 is 10.2 Å². The van der Waals surface area contributed by atoms with E-state index in [0.29, 0.717) is 0 Å². The first-order valence-corrected chi connectivity index (χ1v) is 7.31. The smallest absolute Gasteiger partial charge is 0.0772 e. The highest BCUT2D eigenvalue weighted by Gasteiger charge is 2.42. The lowest BCUT2D eigenvalue weighted by molar-refractivity contribution is 0.0800. The van der Waals surface area contributed by atoms with Crippen LogP contribution in [0.25, 0.3) is 0 Å². The second kappa shape index (κ2) is 6.01. The van der Waals surface area contributed by atoms with Crippen LogP contribution in [0.4, 0.5) is 0 Å². The van der Waals surface area contributed by atoms with Gasteiger partial charge in [0.25, 0.3) is 0 Å². The molecule has 0 radical (unpaired) electrons. The Hall–Kier alpha value is -0.940. The van der Waals surface area contributed by atoms with Crippen LogP contribution in [-0.4, -0.2) is 46.6 Å². The van der Waals surface area contributed by atoms with Crippen molar-refractivity contribution in [2.45, 2.75) is 50.1 Å². The minimum Gasteiger partial charge on any atom is -0.310 e. The average Bonchev–Trinajstić information content (AvgIpc) is 2.67. The second-order valence-electron chi connectivity index (χ2n) is 5.92. The van der Waals surface area contributed by atoms with E-state index in [1.807, 2.05) is 25.0 Å². The largest absolute Gasteiger partial charge is 0.310 e. The van der Waals surface area contributed by atoms with Crippen molar-refractivity contribution in [3.63, 3.8) is 0 Å². The van der Waals surface area contributed by atoms with E-state index in [1.54, 1.807) is 0 Å². The molecule has 1 aromatic heterocycles. The SMILES string of the molecule is CNC(c1cnnn1C)C1(N(C)C)CCCCCC1. The summed E-state index contributed by atoms with van der Waals surface area (Å²) in [5.74, 6) is 0. The molecule has 1 aliphatic rings. The van der Waals surface area contributed by atoms with Crippen molar-refractivity contribution in [2.75, 3.05) is 21.1 Å². The van der Waals surface area contributed by atoms with Gasteiger partial charge in [-0.05, 0) is 34.0 Å². The topological polar surface area (TPSA) is 46.0 Å². The predicted octanol–water partition coefficient (Wildman–Crippen LogP) is 1.73. The van der Waals surface area contributed by atoms with E-state index in [1.165, 1.54) is 44.2 Å². The minimum atomic E-state index is 0.167. The maximum atomic E-state index is 4.10. The van der Waals surface area contributed by atoms with E-state index in [9.17, 15) is 0 Å². The minimum absolute atomic E-state index is 0.167. The quantitative estimate of drug-likeness (QED) is 0.842. The third kappa shape index (κ3) is 2.67. The van der Waals surface area contributed by atoms with Gasteiger partial charge in [-0.3, -0.25) is 4.68 Å². The molecule has 5 nitrogen and oxygen atoms in total. The lowest BCUT2D eigenvalue weighted by Gasteiger charge is -2.45. The highest BCUT2D eigenvalue weighted by molar-refractivity contribution is 5.13. The normalized spacial score (nSPS) is 21.3. The molecule has 1 fully saturated rings. The lowest BCUT2D eigenvalue weighted by atomic mass is 9.80. The van der Waals surface area contributed by atoms with Crippen molar-refractivity contribution in [1.82, 2.24) is 25.2 Å². The molecule has 1 aromatic rings. The predicted molar refractivity (Wildman–Crippen MR) is 76.9 cm³/mol. The van der Waals surface area contributed by atoms with Gasteiger partial charge in [0, 0.05) is 12.6 Å². The van der Waals surface area contributed by atoms with Gasteiger partial charge in [0.15, 0.2) is 0 Å². The van der Waals surface area contributed by atoms with Gasteiger partial charge in [-0.15, -0.1) is 5.10 Å². The van der Waals surface area contributed by atoms with Gasteiger partial charge in [-0.2, -0.15) is 0 Å². The van der Waals surface area contributed by atoms with Gasteiger partial charge >= 0.3 is 0 Å². The number of nitrogens with zero attached hydrogens (tertiary/aromatic N) is 4. The first-order valence-electron chi connectivity index (χ1n) is 7.31. The summed E-state index contributed by atoms with van der Waals surface area (Å²) >= 11 is 0. The standard InChI is InChI=1S/C14H27N5/c1-15-13(12-11-16-17-19(12)4)14(18(2)3)9-7-5-6-8-10-14/h11,13,15H,5-10H2,1-4H3. The molecule has 0 spiro atoms. The van der Waals surface area contributed by atoms with E-state index >= 15 is 0 Å². The molecule has 0 aliphatic heterocycles. The highest BCUT2D eigenvalue weighted by atomic mass is 15.4. The van der Waals surface area contributed by atoms with E-state index in [2.05, 4.69) is 34.6 Å². The van der Waals surface area contributed by atoms with E-state index in [0.717, 1.165) is 0 Å². The van der Waals surface area contributed by atoms with Crippen LogP contribution in [0, 0.1) is 0 Å².